The Kier molecular flexibility index (Phi) is 5.77. The van der Waals surface area contributed by atoms with E-state index in [1.165, 1.54) is 31.5 Å². The second kappa shape index (κ2) is 8.02. The van der Waals surface area contributed by atoms with E-state index in [1.54, 1.807) is 0 Å². The first-order chi connectivity index (χ1) is 11.6. The van der Waals surface area contributed by atoms with Crippen molar-refractivity contribution < 1.29 is 9.90 Å². The fraction of sp³-hybridized carbons (Fsp3) is 0.650. The van der Waals surface area contributed by atoms with Gasteiger partial charge in [0.05, 0.1) is 5.92 Å². The van der Waals surface area contributed by atoms with Gasteiger partial charge in [-0.2, -0.15) is 0 Å². The van der Waals surface area contributed by atoms with E-state index in [0.717, 1.165) is 43.8 Å². The molecule has 0 bridgehead atoms. The molecule has 2 N–H and O–H groups in total. The Labute approximate surface area is 145 Å². The van der Waals surface area contributed by atoms with Gasteiger partial charge in [-0.25, -0.2) is 0 Å². The molecule has 1 aliphatic carbocycles. The predicted octanol–water partition coefficient (Wildman–Crippen LogP) is 3.97. The highest BCUT2D eigenvalue weighted by Gasteiger charge is 2.25. The van der Waals surface area contributed by atoms with E-state index < -0.39 is 5.97 Å². The highest BCUT2D eigenvalue weighted by atomic mass is 16.4. The van der Waals surface area contributed by atoms with Crippen LogP contribution < -0.4 is 5.32 Å². The fourth-order valence-electron chi connectivity index (χ4n) is 4.12. The lowest BCUT2D eigenvalue weighted by molar-refractivity contribution is -0.142. The number of hydrogen-bond acceptors (Lipinski definition) is 3. The topological polar surface area (TPSA) is 52.6 Å². The predicted molar refractivity (Wildman–Crippen MR) is 97.1 cm³/mol. The summed E-state index contributed by atoms with van der Waals surface area (Å²) in [6, 6.07) is 9.21. The summed E-state index contributed by atoms with van der Waals surface area (Å²) in [6.07, 6.45) is 6.16. The lowest BCUT2D eigenvalue weighted by atomic mass is 9.86. The summed E-state index contributed by atoms with van der Waals surface area (Å²) in [5.74, 6) is 0.0443. The SMILES string of the molecule is CC1CCCN(Cc2ccc(NC3CCC(C(=O)O)CC3)cc2)C1. The molecule has 2 aliphatic rings. The van der Waals surface area contributed by atoms with Crippen molar-refractivity contribution in [2.75, 3.05) is 18.4 Å². The number of aliphatic carboxylic acids is 1. The first-order valence-corrected chi connectivity index (χ1v) is 9.41. The van der Waals surface area contributed by atoms with Crippen LogP contribution in [0.25, 0.3) is 0 Å². The normalized spacial score (nSPS) is 28.5. The Bertz CT molecular complexity index is 535. The van der Waals surface area contributed by atoms with Crippen LogP contribution in [0.2, 0.25) is 0 Å². The van der Waals surface area contributed by atoms with Crippen LogP contribution in [0.5, 0.6) is 0 Å². The Morgan fingerprint density at radius 3 is 2.50 bits per heavy atom. The van der Waals surface area contributed by atoms with Crippen LogP contribution in [-0.4, -0.2) is 35.1 Å². The number of hydrogen-bond donors (Lipinski definition) is 2. The molecule has 1 saturated carbocycles. The number of nitrogens with one attached hydrogen (secondary N) is 1. The standard InChI is InChI=1S/C20H30N2O2/c1-15-3-2-12-22(13-15)14-16-4-8-18(9-5-16)21-19-10-6-17(7-11-19)20(23)24/h4-5,8-9,15,17,19,21H,2-3,6-7,10-14H2,1H3,(H,23,24). The van der Waals surface area contributed by atoms with E-state index in [2.05, 4.69) is 41.4 Å². The van der Waals surface area contributed by atoms with Gasteiger partial charge >= 0.3 is 5.97 Å². The van der Waals surface area contributed by atoms with E-state index >= 15 is 0 Å². The van der Waals surface area contributed by atoms with E-state index in [-0.39, 0.29) is 5.92 Å². The lowest BCUT2D eigenvalue weighted by Crippen LogP contribution is -2.33. The van der Waals surface area contributed by atoms with Crippen LogP contribution in [0.4, 0.5) is 5.69 Å². The van der Waals surface area contributed by atoms with Gasteiger partial charge in [0.15, 0.2) is 0 Å². The summed E-state index contributed by atoms with van der Waals surface area (Å²) in [6.45, 7) is 5.83. The number of carbonyl (C=O) groups is 1. The molecule has 4 heteroatoms. The van der Waals surface area contributed by atoms with Crippen LogP contribution in [0.1, 0.15) is 51.0 Å². The summed E-state index contributed by atoms with van der Waals surface area (Å²) in [4.78, 5) is 13.6. The molecule has 1 aromatic rings. The van der Waals surface area contributed by atoms with E-state index in [4.69, 9.17) is 5.11 Å². The molecule has 1 unspecified atom stereocenters. The number of carboxylic acid groups (broad SMARTS) is 1. The van der Waals surface area contributed by atoms with Crippen LogP contribution in [0.15, 0.2) is 24.3 Å². The number of benzene rings is 1. The van der Waals surface area contributed by atoms with Crippen molar-refractivity contribution in [3.05, 3.63) is 29.8 Å². The van der Waals surface area contributed by atoms with Gasteiger partial charge in [0.2, 0.25) is 0 Å². The minimum Gasteiger partial charge on any atom is -0.481 e. The first-order valence-electron chi connectivity index (χ1n) is 9.41. The van der Waals surface area contributed by atoms with Gasteiger partial charge in [-0.05, 0) is 68.7 Å². The third-order valence-corrected chi connectivity index (χ3v) is 5.55. The molecule has 0 spiro atoms. The maximum Gasteiger partial charge on any atom is 0.306 e. The molecule has 0 radical (unpaired) electrons. The van der Waals surface area contributed by atoms with Crippen LogP contribution in [0, 0.1) is 11.8 Å². The third-order valence-electron chi connectivity index (χ3n) is 5.55. The quantitative estimate of drug-likeness (QED) is 0.857. The Hall–Kier alpha value is -1.55. The van der Waals surface area contributed by atoms with Crippen molar-refractivity contribution in [2.45, 2.75) is 58.0 Å². The van der Waals surface area contributed by atoms with Crippen molar-refractivity contribution in [1.82, 2.24) is 4.90 Å². The summed E-state index contributed by atoms with van der Waals surface area (Å²) in [7, 11) is 0. The zero-order valence-electron chi connectivity index (χ0n) is 14.7. The highest BCUT2D eigenvalue weighted by Crippen LogP contribution is 2.27. The minimum atomic E-state index is -0.634. The number of anilines is 1. The maximum absolute atomic E-state index is 11.0. The van der Waals surface area contributed by atoms with Gasteiger partial charge in [-0.3, -0.25) is 9.69 Å². The third kappa shape index (κ3) is 4.73. The average molecular weight is 330 g/mol. The van der Waals surface area contributed by atoms with Crippen LogP contribution in [0.3, 0.4) is 0 Å². The maximum atomic E-state index is 11.0. The van der Waals surface area contributed by atoms with Crippen molar-refractivity contribution >= 4 is 11.7 Å². The summed E-state index contributed by atoms with van der Waals surface area (Å²) < 4.78 is 0. The number of likely N-dealkylation sites (tertiary alicyclic amines) is 1. The molecule has 1 heterocycles. The molecule has 1 aliphatic heterocycles. The van der Waals surface area contributed by atoms with E-state index in [1.807, 2.05) is 0 Å². The van der Waals surface area contributed by atoms with Gasteiger partial charge in [-0.1, -0.05) is 19.1 Å². The van der Waals surface area contributed by atoms with Gasteiger partial charge in [0, 0.05) is 24.8 Å². The van der Waals surface area contributed by atoms with E-state index in [9.17, 15) is 4.79 Å². The number of piperidine rings is 1. The zero-order chi connectivity index (χ0) is 16.9. The Morgan fingerprint density at radius 2 is 1.88 bits per heavy atom. The molecular weight excluding hydrogens is 300 g/mol. The monoisotopic (exact) mass is 330 g/mol. The lowest BCUT2D eigenvalue weighted by Gasteiger charge is -2.31. The fourth-order valence-corrected chi connectivity index (χ4v) is 4.12. The molecule has 24 heavy (non-hydrogen) atoms. The van der Waals surface area contributed by atoms with Crippen LogP contribution >= 0.6 is 0 Å². The minimum absolute atomic E-state index is 0.141. The van der Waals surface area contributed by atoms with Gasteiger partial charge in [0.25, 0.3) is 0 Å². The van der Waals surface area contributed by atoms with E-state index in [0.29, 0.717) is 6.04 Å². The Morgan fingerprint density at radius 1 is 1.17 bits per heavy atom. The number of carboxylic acids is 1. The molecule has 2 fully saturated rings. The van der Waals surface area contributed by atoms with Gasteiger partial charge < -0.3 is 10.4 Å². The zero-order valence-corrected chi connectivity index (χ0v) is 14.7. The second-order valence-corrected chi connectivity index (χ2v) is 7.71. The number of nitrogens with zero attached hydrogens (tertiary/aromatic N) is 1. The molecule has 132 valence electrons. The molecule has 3 rings (SSSR count). The van der Waals surface area contributed by atoms with Crippen molar-refractivity contribution in [3.63, 3.8) is 0 Å². The van der Waals surface area contributed by atoms with Crippen LogP contribution in [-0.2, 0) is 11.3 Å². The second-order valence-electron chi connectivity index (χ2n) is 7.71. The summed E-state index contributed by atoms with van der Waals surface area (Å²) in [5.41, 5.74) is 2.54. The molecule has 0 aromatic heterocycles. The highest BCUT2D eigenvalue weighted by molar-refractivity contribution is 5.70. The first kappa shape index (κ1) is 17.3. The Balaban J connectivity index is 1.47. The molecule has 1 saturated heterocycles. The van der Waals surface area contributed by atoms with Crippen molar-refractivity contribution in [1.29, 1.82) is 0 Å². The molecule has 1 atom stereocenters. The average Bonchev–Trinajstić information content (AvgIpc) is 2.57. The van der Waals surface area contributed by atoms with Gasteiger partial charge in [-0.15, -0.1) is 0 Å². The van der Waals surface area contributed by atoms with Crippen molar-refractivity contribution in [2.24, 2.45) is 11.8 Å². The molecule has 0 amide bonds. The molecular formula is C20H30N2O2. The largest absolute Gasteiger partial charge is 0.481 e. The van der Waals surface area contributed by atoms with Gasteiger partial charge in [0.1, 0.15) is 0 Å². The summed E-state index contributed by atoms with van der Waals surface area (Å²) in [5, 5.41) is 12.6. The summed E-state index contributed by atoms with van der Waals surface area (Å²) >= 11 is 0. The molecule has 1 aromatic carbocycles. The van der Waals surface area contributed by atoms with Crippen molar-refractivity contribution in [3.8, 4) is 0 Å². The molecule has 4 nitrogen and oxygen atoms in total. The number of rotatable bonds is 5. The smallest absolute Gasteiger partial charge is 0.306 e.